The monoisotopic (exact) mass is 527 g/mol. The van der Waals surface area contributed by atoms with Crippen molar-refractivity contribution in [2.24, 2.45) is 4.99 Å². The van der Waals surface area contributed by atoms with Crippen LogP contribution in [-0.2, 0) is 12.8 Å². The number of rotatable bonds is 10. The molecule has 0 saturated carbocycles. The number of nitrogens with one attached hydrogen (secondary N) is 1. The Morgan fingerprint density at radius 1 is 0.900 bits per heavy atom. The Morgan fingerprint density at radius 2 is 1.57 bits per heavy atom. The first kappa shape index (κ1) is 25.9. The van der Waals surface area contributed by atoms with E-state index in [1.165, 1.54) is 11.1 Å². The summed E-state index contributed by atoms with van der Waals surface area (Å²) in [5.74, 6) is 3.30. The number of aliphatic imine (C=N–C) groups is 1. The van der Waals surface area contributed by atoms with Gasteiger partial charge in [-0.05, 0) is 54.7 Å². The summed E-state index contributed by atoms with van der Waals surface area (Å²) in [6.07, 6.45) is 2.95. The van der Waals surface area contributed by atoms with E-state index >= 15 is 0 Å². The maximum absolute atomic E-state index is 5.39. The van der Waals surface area contributed by atoms with E-state index in [0.717, 1.165) is 55.6 Å². The molecule has 0 bridgehead atoms. The largest absolute Gasteiger partial charge is 0.497 e. The molecule has 1 N–H and O–H groups in total. The fourth-order valence-corrected chi connectivity index (χ4v) is 3.11. The smallest absolute Gasteiger partial charge is 0.193 e. The van der Waals surface area contributed by atoms with Gasteiger partial charge in [0.25, 0.3) is 0 Å². The molecule has 0 aliphatic rings. The minimum Gasteiger partial charge on any atom is -0.497 e. The van der Waals surface area contributed by atoms with Crippen LogP contribution in [0.15, 0.2) is 47.5 Å². The van der Waals surface area contributed by atoms with Crippen molar-refractivity contribution in [1.82, 2.24) is 10.2 Å². The molecule has 0 spiro atoms. The van der Waals surface area contributed by atoms with Crippen molar-refractivity contribution < 1.29 is 14.2 Å². The van der Waals surface area contributed by atoms with Crippen LogP contribution >= 0.6 is 24.0 Å². The lowest BCUT2D eigenvalue weighted by Gasteiger charge is -2.22. The fourth-order valence-electron chi connectivity index (χ4n) is 3.11. The number of methoxy groups -OCH3 is 3. The number of hydrogen-bond donors (Lipinski definition) is 1. The molecular formula is C23H34IN3O3. The molecule has 0 saturated heterocycles. The first-order valence-corrected chi connectivity index (χ1v) is 9.87. The van der Waals surface area contributed by atoms with Crippen LogP contribution < -0.4 is 19.5 Å². The zero-order valence-corrected chi connectivity index (χ0v) is 20.9. The van der Waals surface area contributed by atoms with Crippen LogP contribution in [0.2, 0.25) is 0 Å². The average molecular weight is 527 g/mol. The molecule has 0 fully saturated rings. The van der Waals surface area contributed by atoms with Gasteiger partial charge in [-0.25, -0.2) is 0 Å². The van der Waals surface area contributed by atoms with Gasteiger partial charge in [-0.3, -0.25) is 4.99 Å². The summed E-state index contributed by atoms with van der Waals surface area (Å²) in [6, 6.07) is 14.3. The van der Waals surface area contributed by atoms with E-state index in [-0.39, 0.29) is 24.0 Å². The molecule has 166 valence electrons. The van der Waals surface area contributed by atoms with E-state index < -0.39 is 0 Å². The first-order valence-electron chi connectivity index (χ1n) is 9.87. The Morgan fingerprint density at radius 3 is 2.17 bits per heavy atom. The van der Waals surface area contributed by atoms with Gasteiger partial charge in [0.15, 0.2) is 17.5 Å². The SMILES string of the molecule is CN=C(NCCCc1ccc(OC)cc1)N(C)CCc1ccc(OC)c(OC)c1.I. The van der Waals surface area contributed by atoms with Crippen molar-refractivity contribution >= 4 is 29.9 Å². The summed E-state index contributed by atoms with van der Waals surface area (Å²) in [6.45, 7) is 1.73. The molecule has 7 heteroatoms. The summed E-state index contributed by atoms with van der Waals surface area (Å²) in [5.41, 5.74) is 2.51. The highest BCUT2D eigenvalue weighted by Gasteiger charge is 2.08. The van der Waals surface area contributed by atoms with Gasteiger partial charge >= 0.3 is 0 Å². The minimum absolute atomic E-state index is 0. The first-order chi connectivity index (χ1) is 14.1. The van der Waals surface area contributed by atoms with E-state index in [4.69, 9.17) is 14.2 Å². The van der Waals surface area contributed by atoms with Gasteiger partial charge in [0.05, 0.1) is 21.3 Å². The van der Waals surface area contributed by atoms with Crippen LogP contribution in [0.5, 0.6) is 17.2 Å². The number of ether oxygens (including phenoxy) is 3. The number of aryl methyl sites for hydroxylation is 1. The highest BCUT2D eigenvalue weighted by molar-refractivity contribution is 14.0. The maximum Gasteiger partial charge on any atom is 0.193 e. The number of nitrogens with zero attached hydrogens (tertiary/aromatic N) is 2. The second-order valence-electron chi connectivity index (χ2n) is 6.79. The van der Waals surface area contributed by atoms with Crippen LogP contribution in [0.4, 0.5) is 0 Å². The standard InChI is InChI=1S/C23H33N3O3.HI/c1-24-23(25-15-6-7-18-8-11-20(27-3)12-9-18)26(2)16-14-19-10-13-21(28-4)22(17-19)29-5;/h8-13,17H,6-7,14-16H2,1-5H3,(H,24,25);1H. The zero-order chi connectivity index (χ0) is 21.1. The van der Waals surface area contributed by atoms with Crippen molar-refractivity contribution in [1.29, 1.82) is 0 Å². The lowest BCUT2D eigenvalue weighted by Crippen LogP contribution is -2.40. The molecule has 0 unspecified atom stereocenters. The normalized spacial score (nSPS) is 10.8. The molecule has 0 radical (unpaired) electrons. The molecule has 0 amide bonds. The molecule has 0 heterocycles. The molecule has 0 atom stereocenters. The third-order valence-corrected chi connectivity index (χ3v) is 4.84. The molecular weight excluding hydrogens is 493 g/mol. The Labute approximate surface area is 197 Å². The van der Waals surface area contributed by atoms with Crippen molar-refractivity contribution in [2.75, 3.05) is 48.5 Å². The third-order valence-electron chi connectivity index (χ3n) is 4.84. The second kappa shape index (κ2) is 14.0. The molecule has 30 heavy (non-hydrogen) atoms. The van der Waals surface area contributed by atoms with Crippen LogP contribution in [-0.4, -0.2) is 59.4 Å². The van der Waals surface area contributed by atoms with Gasteiger partial charge in [-0.1, -0.05) is 18.2 Å². The number of hydrogen-bond acceptors (Lipinski definition) is 4. The van der Waals surface area contributed by atoms with Crippen LogP contribution in [0.25, 0.3) is 0 Å². The summed E-state index contributed by atoms with van der Waals surface area (Å²) < 4.78 is 15.9. The number of halogens is 1. The van der Waals surface area contributed by atoms with Crippen molar-refractivity contribution in [3.05, 3.63) is 53.6 Å². The highest BCUT2D eigenvalue weighted by atomic mass is 127. The molecule has 6 nitrogen and oxygen atoms in total. The van der Waals surface area contributed by atoms with Gasteiger partial charge in [-0.2, -0.15) is 0 Å². The Kier molecular flexibility index (Phi) is 12.0. The van der Waals surface area contributed by atoms with E-state index in [0.29, 0.717) is 0 Å². The van der Waals surface area contributed by atoms with Crippen molar-refractivity contribution in [2.45, 2.75) is 19.3 Å². The lowest BCUT2D eigenvalue weighted by atomic mass is 10.1. The summed E-state index contributed by atoms with van der Waals surface area (Å²) >= 11 is 0. The highest BCUT2D eigenvalue weighted by Crippen LogP contribution is 2.27. The van der Waals surface area contributed by atoms with E-state index in [1.807, 2.05) is 31.3 Å². The van der Waals surface area contributed by atoms with E-state index in [9.17, 15) is 0 Å². The summed E-state index contributed by atoms with van der Waals surface area (Å²) in [5, 5.41) is 3.45. The maximum atomic E-state index is 5.39. The molecule has 0 aliphatic carbocycles. The summed E-state index contributed by atoms with van der Waals surface area (Å²) in [4.78, 5) is 6.54. The fraction of sp³-hybridized carbons (Fsp3) is 0.435. The Bertz CT molecular complexity index is 782. The second-order valence-corrected chi connectivity index (χ2v) is 6.79. The van der Waals surface area contributed by atoms with Crippen LogP contribution in [0.3, 0.4) is 0 Å². The predicted octanol–water partition coefficient (Wildman–Crippen LogP) is 4.01. The molecule has 2 aromatic rings. The van der Waals surface area contributed by atoms with Gasteiger partial charge in [0.1, 0.15) is 5.75 Å². The Balaban J connectivity index is 0.00000450. The number of benzene rings is 2. The minimum atomic E-state index is 0. The quantitative estimate of drug-likeness (QED) is 0.219. The Hall–Kier alpha value is -2.16. The topological polar surface area (TPSA) is 55.3 Å². The predicted molar refractivity (Wildman–Crippen MR) is 134 cm³/mol. The van der Waals surface area contributed by atoms with E-state index in [1.54, 1.807) is 21.3 Å². The summed E-state index contributed by atoms with van der Waals surface area (Å²) in [7, 11) is 8.87. The van der Waals surface area contributed by atoms with Gasteiger partial charge in [0.2, 0.25) is 0 Å². The zero-order valence-electron chi connectivity index (χ0n) is 18.6. The van der Waals surface area contributed by atoms with Crippen LogP contribution in [0, 0.1) is 0 Å². The van der Waals surface area contributed by atoms with Gasteiger partial charge in [0, 0.05) is 27.2 Å². The van der Waals surface area contributed by atoms with Gasteiger partial charge < -0.3 is 24.4 Å². The van der Waals surface area contributed by atoms with Crippen LogP contribution in [0.1, 0.15) is 17.5 Å². The molecule has 2 aromatic carbocycles. The third kappa shape index (κ3) is 7.93. The molecule has 0 aromatic heterocycles. The average Bonchev–Trinajstić information content (AvgIpc) is 2.77. The number of guanidine groups is 1. The number of likely N-dealkylation sites (N-methyl/N-ethyl adjacent to an activating group) is 1. The van der Waals surface area contributed by atoms with Crippen molar-refractivity contribution in [3.63, 3.8) is 0 Å². The lowest BCUT2D eigenvalue weighted by molar-refractivity contribution is 0.354. The van der Waals surface area contributed by atoms with E-state index in [2.05, 4.69) is 40.5 Å². The molecule has 2 rings (SSSR count). The van der Waals surface area contributed by atoms with Gasteiger partial charge in [-0.15, -0.1) is 24.0 Å². The molecule has 0 aliphatic heterocycles. The van der Waals surface area contributed by atoms with Crippen molar-refractivity contribution in [3.8, 4) is 17.2 Å².